The molecular weight excluding hydrogens is 578 g/mol. The molecule has 0 unspecified atom stereocenters. The number of hydrogen-bond donors (Lipinski definition) is 0. The second kappa shape index (κ2) is 14.1. The lowest BCUT2D eigenvalue weighted by molar-refractivity contribution is 0.0592. The molecule has 0 saturated heterocycles. The van der Waals surface area contributed by atoms with Crippen LogP contribution in [-0.4, -0.2) is 47.2 Å². The first-order valence-corrected chi connectivity index (χ1v) is 16.0. The van der Waals surface area contributed by atoms with Crippen molar-refractivity contribution in [2.24, 2.45) is 0 Å². The number of rotatable bonds is 12. The normalized spacial score (nSPS) is 12.2. The second-order valence-electron chi connectivity index (χ2n) is 10.4. The first-order valence-electron chi connectivity index (χ1n) is 14.9. The maximum absolute atomic E-state index is 14.5. The number of carbonyl (C=O) groups excluding carboxylic acids is 1. The third kappa shape index (κ3) is 6.08. The van der Waals surface area contributed by atoms with Crippen molar-refractivity contribution in [2.75, 3.05) is 27.1 Å². The van der Waals surface area contributed by atoms with E-state index in [-0.39, 0.29) is 24.5 Å². The molecule has 0 bridgehead atoms. The molecule has 0 N–H and O–H groups in total. The fourth-order valence-electron chi connectivity index (χ4n) is 5.82. The minimum atomic E-state index is -0.736. The van der Waals surface area contributed by atoms with Gasteiger partial charge in [-0.25, -0.2) is 9.78 Å². The first-order chi connectivity index (χ1) is 21.4. The number of esters is 1. The average Bonchev–Trinajstić information content (AvgIpc) is 3.30. The number of methoxy groups -OCH3 is 3. The number of aromatic nitrogens is 3. The summed E-state index contributed by atoms with van der Waals surface area (Å²) in [4.78, 5) is 33.1. The number of imidazole rings is 1. The monoisotopic (exact) mass is 617 g/mol. The fourth-order valence-corrected chi connectivity index (χ4v) is 6.43. The van der Waals surface area contributed by atoms with Gasteiger partial charge in [0, 0.05) is 29.4 Å². The van der Waals surface area contributed by atoms with Crippen LogP contribution in [0.4, 0.5) is 0 Å². The van der Waals surface area contributed by atoms with Gasteiger partial charge < -0.3 is 28.1 Å². The molecule has 44 heavy (non-hydrogen) atoms. The highest BCUT2D eigenvalue weighted by atomic mass is 32.2. The Hall–Kier alpha value is -4.18. The van der Waals surface area contributed by atoms with E-state index in [9.17, 15) is 9.59 Å². The van der Waals surface area contributed by atoms with Gasteiger partial charge in [-0.05, 0) is 49.6 Å². The first kappa shape index (κ1) is 31.3. The predicted octanol–water partition coefficient (Wildman–Crippen LogP) is 5.90. The van der Waals surface area contributed by atoms with Gasteiger partial charge in [0.1, 0.15) is 35.4 Å². The number of nitrogens with zero attached hydrogens (tertiary/aromatic N) is 3. The summed E-state index contributed by atoms with van der Waals surface area (Å²) in [5.41, 5.74) is 4.37. The quantitative estimate of drug-likeness (QED) is 0.181. The molecule has 0 spiro atoms. The highest BCUT2D eigenvalue weighted by molar-refractivity contribution is 7.98. The maximum Gasteiger partial charge on any atom is 0.347 e. The second-order valence-corrected chi connectivity index (χ2v) is 11.7. The molecule has 10 heteroatoms. The molecule has 2 heterocycles. The van der Waals surface area contributed by atoms with Crippen LogP contribution in [0.2, 0.25) is 0 Å². The zero-order chi connectivity index (χ0) is 31.2. The van der Waals surface area contributed by atoms with Gasteiger partial charge in [0.15, 0.2) is 5.56 Å². The number of carbonyl (C=O) groups is 1. The van der Waals surface area contributed by atoms with Crippen molar-refractivity contribution in [1.82, 2.24) is 14.1 Å². The third-order valence-corrected chi connectivity index (χ3v) is 8.79. The van der Waals surface area contributed by atoms with Crippen molar-refractivity contribution >= 4 is 17.7 Å². The molecule has 9 nitrogen and oxygen atoms in total. The summed E-state index contributed by atoms with van der Waals surface area (Å²) in [5, 5.41) is 0. The molecular formula is C34H39N3O6S. The number of ether oxygens (including phenoxy) is 4. The highest BCUT2D eigenvalue weighted by Crippen LogP contribution is 2.40. The van der Waals surface area contributed by atoms with E-state index in [0.29, 0.717) is 23.6 Å². The SMILES string of the molecule is CCSCc1nc2c(n1CC)CCCc1c(OCc3ccccc3)c(C(=O)OC)c(=O)n(Cc3ccc(OC)cc3OC)c1-2. The summed E-state index contributed by atoms with van der Waals surface area (Å²) in [5.74, 6) is 3.45. The predicted molar refractivity (Wildman–Crippen MR) is 172 cm³/mol. The van der Waals surface area contributed by atoms with Crippen LogP contribution in [0.5, 0.6) is 17.2 Å². The van der Waals surface area contributed by atoms with Crippen LogP contribution < -0.4 is 19.8 Å². The summed E-state index contributed by atoms with van der Waals surface area (Å²) in [6.07, 6.45) is 2.19. The number of hydrogen-bond acceptors (Lipinski definition) is 8. The largest absolute Gasteiger partial charge is 0.497 e. The Labute approximate surface area is 262 Å². The van der Waals surface area contributed by atoms with Gasteiger partial charge in [-0.2, -0.15) is 11.8 Å². The lowest BCUT2D eigenvalue weighted by atomic mass is 10.0. The lowest BCUT2D eigenvalue weighted by Gasteiger charge is -2.22. The van der Waals surface area contributed by atoms with E-state index in [1.165, 1.54) is 7.11 Å². The van der Waals surface area contributed by atoms with E-state index < -0.39 is 11.5 Å². The van der Waals surface area contributed by atoms with Crippen molar-refractivity contribution in [2.45, 2.75) is 58.6 Å². The molecule has 1 aliphatic rings. The molecule has 1 aliphatic carbocycles. The molecule has 2 aromatic carbocycles. The average molecular weight is 618 g/mol. The number of fused-ring (bicyclic) bond motifs is 3. The molecule has 0 atom stereocenters. The lowest BCUT2D eigenvalue weighted by Crippen LogP contribution is -2.31. The summed E-state index contributed by atoms with van der Waals surface area (Å²) in [6.45, 7) is 5.37. The zero-order valence-electron chi connectivity index (χ0n) is 26.0. The Morgan fingerprint density at radius 3 is 2.48 bits per heavy atom. The minimum absolute atomic E-state index is 0.116. The van der Waals surface area contributed by atoms with Gasteiger partial charge in [0.2, 0.25) is 0 Å². The summed E-state index contributed by atoms with van der Waals surface area (Å²) in [6, 6.07) is 15.2. The van der Waals surface area contributed by atoms with E-state index in [4.69, 9.17) is 23.9 Å². The number of thioether (sulfide) groups is 1. The van der Waals surface area contributed by atoms with E-state index >= 15 is 0 Å². The van der Waals surface area contributed by atoms with Gasteiger partial charge in [0.05, 0.1) is 39.3 Å². The molecule has 5 rings (SSSR count). The molecule has 4 aromatic rings. The van der Waals surface area contributed by atoms with Crippen molar-refractivity contribution in [3.63, 3.8) is 0 Å². The minimum Gasteiger partial charge on any atom is -0.497 e. The topological polar surface area (TPSA) is 93.8 Å². The molecule has 0 fully saturated rings. The highest BCUT2D eigenvalue weighted by Gasteiger charge is 2.33. The maximum atomic E-state index is 14.5. The molecule has 2 aromatic heterocycles. The van der Waals surface area contributed by atoms with E-state index in [1.807, 2.05) is 54.2 Å². The van der Waals surface area contributed by atoms with Crippen LogP contribution in [0.3, 0.4) is 0 Å². The van der Waals surface area contributed by atoms with E-state index in [0.717, 1.165) is 64.8 Å². The van der Waals surface area contributed by atoms with E-state index in [1.54, 1.807) is 24.9 Å². The Morgan fingerprint density at radius 2 is 1.80 bits per heavy atom. The molecule has 0 radical (unpaired) electrons. The smallest absolute Gasteiger partial charge is 0.347 e. The van der Waals surface area contributed by atoms with Crippen molar-refractivity contribution in [3.05, 3.63) is 92.7 Å². The Bertz CT molecular complexity index is 1700. The zero-order valence-corrected chi connectivity index (χ0v) is 26.8. The fraction of sp³-hybridized carbons (Fsp3) is 0.382. The summed E-state index contributed by atoms with van der Waals surface area (Å²) < 4.78 is 26.6. The van der Waals surface area contributed by atoms with E-state index in [2.05, 4.69) is 18.4 Å². The van der Waals surface area contributed by atoms with Crippen molar-refractivity contribution < 1.29 is 23.7 Å². The van der Waals surface area contributed by atoms with Gasteiger partial charge in [0.25, 0.3) is 5.56 Å². The van der Waals surface area contributed by atoms with Crippen LogP contribution >= 0.6 is 11.8 Å². The standard InChI is InChI=1S/C34H39N3O6S/c1-6-36-26-15-11-14-25-31(30(26)35-28(36)21-44-7-2)37(19-23-16-17-24(40-3)18-27(23)41-4)33(38)29(34(39)42-5)32(25)43-20-22-12-9-8-10-13-22/h8-10,12-13,16-18H,6-7,11,14-15,19-21H2,1-5H3. The number of pyridine rings is 1. The molecule has 0 saturated carbocycles. The number of benzene rings is 2. The van der Waals surface area contributed by atoms with Gasteiger partial charge in [-0.3, -0.25) is 4.79 Å². The third-order valence-electron chi connectivity index (χ3n) is 7.92. The van der Waals surface area contributed by atoms with Crippen molar-refractivity contribution in [3.8, 4) is 28.6 Å². The Kier molecular flexibility index (Phi) is 9.99. The van der Waals surface area contributed by atoms with Gasteiger partial charge in [-0.15, -0.1) is 0 Å². The Balaban J connectivity index is 1.80. The van der Waals surface area contributed by atoms with Gasteiger partial charge in [-0.1, -0.05) is 37.3 Å². The van der Waals surface area contributed by atoms with Crippen LogP contribution in [0.25, 0.3) is 11.4 Å². The molecule has 232 valence electrons. The summed E-state index contributed by atoms with van der Waals surface area (Å²) >= 11 is 1.81. The van der Waals surface area contributed by atoms with Crippen LogP contribution in [0.15, 0.2) is 53.3 Å². The molecule has 0 aliphatic heterocycles. The van der Waals surface area contributed by atoms with Gasteiger partial charge >= 0.3 is 5.97 Å². The van der Waals surface area contributed by atoms with Crippen LogP contribution in [-0.2, 0) is 43.0 Å². The molecule has 0 amide bonds. The van der Waals surface area contributed by atoms with Crippen LogP contribution in [0, 0.1) is 0 Å². The Morgan fingerprint density at radius 1 is 1.00 bits per heavy atom. The van der Waals surface area contributed by atoms with Crippen LogP contribution in [0.1, 0.15) is 58.8 Å². The summed E-state index contributed by atoms with van der Waals surface area (Å²) in [7, 11) is 4.46. The van der Waals surface area contributed by atoms with Crippen molar-refractivity contribution in [1.29, 1.82) is 0 Å².